The van der Waals surface area contributed by atoms with Gasteiger partial charge in [-0.2, -0.15) is 10.1 Å². The summed E-state index contributed by atoms with van der Waals surface area (Å²) in [6.45, 7) is 0.183. The molecule has 26 heavy (non-hydrogen) atoms. The van der Waals surface area contributed by atoms with E-state index in [0.717, 1.165) is 0 Å². The standard InChI is InChI=1S/C18H12ClFN4O2/c19-14-3-1-2-4-16(14)25-11-24-10-9-15(22-24)18-21-17(23-26-18)12-5-7-13(20)8-6-12/h1-10H,11H2. The highest BCUT2D eigenvalue weighted by atomic mass is 35.5. The number of hydrogen-bond donors (Lipinski definition) is 0. The third-order valence-corrected chi connectivity index (χ3v) is 3.89. The van der Waals surface area contributed by atoms with Crippen molar-refractivity contribution in [2.75, 3.05) is 0 Å². The first-order valence-electron chi connectivity index (χ1n) is 7.70. The van der Waals surface area contributed by atoms with E-state index in [0.29, 0.717) is 27.9 Å². The molecule has 0 aliphatic rings. The number of rotatable bonds is 5. The van der Waals surface area contributed by atoms with Crippen molar-refractivity contribution in [3.05, 3.63) is 71.6 Å². The molecule has 4 rings (SSSR count). The highest BCUT2D eigenvalue weighted by Crippen LogP contribution is 2.24. The molecule has 2 aromatic carbocycles. The first-order chi connectivity index (χ1) is 12.7. The maximum absolute atomic E-state index is 13.0. The van der Waals surface area contributed by atoms with Crippen LogP contribution in [-0.4, -0.2) is 19.9 Å². The van der Waals surface area contributed by atoms with Crippen molar-refractivity contribution in [3.63, 3.8) is 0 Å². The second-order valence-corrected chi connectivity index (χ2v) is 5.78. The van der Waals surface area contributed by atoms with Crippen molar-refractivity contribution in [1.29, 1.82) is 0 Å². The Labute approximate surface area is 152 Å². The van der Waals surface area contributed by atoms with Gasteiger partial charge in [-0.15, -0.1) is 0 Å². The predicted molar refractivity (Wildman–Crippen MR) is 93.0 cm³/mol. The number of hydrogen-bond acceptors (Lipinski definition) is 5. The van der Waals surface area contributed by atoms with Crippen molar-refractivity contribution in [2.24, 2.45) is 0 Å². The lowest BCUT2D eigenvalue weighted by Crippen LogP contribution is -2.05. The Morgan fingerprint density at radius 3 is 2.69 bits per heavy atom. The van der Waals surface area contributed by atoms with E-state index < -0.39 is 0 Å². The quantitative estimate of drug-likeness (QED) is 0.520. The zero-order valence-corrected chi connectivity index (χ0v) is 14.1. The molecule has 0 aliphatic heterocycles. The predicted octanol–water partition coefficient (Wildman–Crippen LogP) is 4.43. The van der Waals surface area contributed by atoms with Crippen molar-refractivity contribution in [3.8, 4) is 28.7 Å². The summed E-state index contributed by atoms with van der Waals surface area (Å²) in [6.07, 6.45) is 1.73. The Morgan fingerprint density at radius 1 is 1.08 bits per heavy atom. The first kappa shape index (κ1) is 16.3. The fraction of sp³-hybridized carbons (Fsp3) is 0.0556. The molecule has 6 nitrogen and oxygen atoms in total. The fourth-order valence-corrected chi connectivity index (χ4v) is 2.48. The van der Waals surface area contributed by atoms with Gasteiger partial charge >= 0.3 is 0 Å². The second-order valence-electron chi connectivity index (χ2n) is 5.37. The average Bonchev–Trinajstić information content (AvgIpc) is 3.31. The van der Waals surface area contributed by atoms with Crippen LogP contribution in [-0.2, 0) is 6.73 Å². The number of para-hydroxylation sites is 1. The summed E-state index contributed by atoms with van der Waals surface area (Å²) in [5.74, 6) is 0.875. The Hall–Kier alpha value is -3.19. The molecule has 0 radical (unpaired) electrons. The van der Waals surface area contributed by atoms with Gasteiger partial charge in [0.2, 0.25) is 5.82 Å². The Morgan fingerprint density at radius 2 is 1.88 bits per heavy atom. The molecule has 0 fully saturated rings. The van der Waals surface area contributed by atoms with Crippen LogP contribution < -0.4 is 4.74 Å². The Kier molecular flexibility index (Phi) is 4.37. The van der Waals surface area contributed by atoms with E-state index in [4.69, 9.17) is 20.9 Å². The lowest BCUT2D eigenvalue weighted by atomic mass is 10.2. The van der Waals surface area contributed by atoms with E-state index in [1.165, 1.54) is 12.1 Å². The molecule has 2 aromatic heterocycles. The lowest BCUT2D eigenvalue weighted by molar-refractivity contribution is 0.221. The van der Waals surface area contributed by atoms with Crippen LogP contribution in [0.25, 0.3) is 23.0 Å². The van der Waals surface area contributed by atoms with Crippen molar-refractivity contribution >= 4 is 11.6 Å². The smallest absolute Gasteiger partial charge is 0.278 e. The Balaban J connectivity index is 1.48. The summed E-state index contributed by atoms with van der Waals surface area (Å²) in [6, 6.07) is 14.8. The minimum absolute atomic E-state index is 0.183. The minimum atomic E-state index is -0.324. The van der Waals surface area contributed by atoms with Crippen molar-refractivity contribution in [2.45, 2.75) is 6.73 Å². The van der Waals surface area contributed by atoms with Gasteiger partial charge in [-0.05, 0) is 42.5 Å². The largest absolute Gasteiger partial charge is 0.470 e. The highest BCUT2D eigenvalue weighted by Gasteiger charge is 2.13. The molecule has 0 atom stereocenters. The summed E-state index contributed by atoms with van der Waals surface area (Å²) in [5, 5.41) is 8.77. The molecule has 0 bridgehead atoms. The van der Waals surface area contributed by atoms with E-state index in [9.17, 15) is 4.39 Å². The zero-order valence-electron chi connectivity index (χ0n) is 13.3. The van der Waals surface area contributed by atoms with Crippen LogP contribution in [0.4, 0.5) is 4.39 Å². The van der Waals surface area contributed by atoms with Gasteiger partial charge < -0.3 is 9.26 Å². The van der Waals surface area contributed by atoms with Gasteiger partial charge in [0.15, 0.2) is 12.4 Å². The van der Waals surface area contributed by atoms with Crippen LogP contribution in [0.5, 0.6) is 5.75 Å². The molecule has 4 aromatic rings. The number of halogens is 2. The topological polar surface area (TPSA) is 66.0 Å². The molecule has 0 saturated heterocycles. The van der Waals surface area contributed by atoms with Gasteiger partial charge in [0, 0.05) is 11.8 Å². The van der Waals surface area contributed by atoms with Gasteiger partial charge in [-0.1, -0.05) is 28.9 Å². The summed E-state index contributed by atoms with van der Waals surface area (Å²) in [7, 11) is 0. The first-order valence-corrected chi connectivity index (χ1v) is 8.08. The van der Waals surface area contributed by atoms with Crippen LogP contribution in [0, 0.1) is 5.82 Å². The van der Waals surface area contributed by atoms with Crippen LogP contribution in [0.15, 0.2) is 65.3 Å². The normalized spacial score (nSPS) is 10.8. The molecule has 2 heterocycles. The van der Waals surface area contributed by atoms with Crippen molar-refractivity contribution < 1.29 is 13.7 Å². The van der Waals surface area contributed by atoms with E-state index in [1.807, 2.05) is 12.1 Å². The van der Waals surface area contributed by atoms with Gasteiger partial charge in [0.1, 0.15) is 11.6 Å². The molecular weight excluding hydrogens is 359 g/mol. The molecule has 0 N–H and O–H groups in total. The Bertz CT molecular complexity index is 1030. The summed E-state index contributed by atoms with van der Waals surface area (Å²) >= 11 is 6.05. The fourth-order valence-electron chi connectivity index (χ4n) is 2.29. The minimum Gasteiger partial charge on any atom is -0.470 e. The molecular formula is C18H12ClFN4O2. The van der Waals surface area contributed by atoms with E-state index >= 15 is 0 Å². The number of benzene rings is 2. The number of aromatic nitrogens is 4. The van der Waals surface area contributed by atoms with Gasteiger partial charge in [-0.3, -0.25) is 0 Å². The second kappa shape index (κ2) is 6.97. The van der Waals surface area contributed by atoms with Gasteiger partial charge in [0.25, 0.3) is 5.89 Å². The molecule has 0 saturated carbocycles. The third-order valence-electron chi connectivity index (χ3n) is 3.58. The number of nitrogens with zero attached hydrogens (tertiary/aromatic N) is 4. The lowest BCUT2D eigenvalue weighted by Gasteiger charge is -2.07. The van der Waals surface area contributed by atoms with Gasteiger partial charge in [0.05, 0.1) is 5.02 Å². The zero-order chi connectivity index (χ0) is 17.9. The summed E-state index contributed by atoms with van der Waals surface area (Å²) in [4.78, 5) is 4.29. The van der Waals surface area contributed by atoms with E-state index in [-0.39, 0.29) is 18.4 Å². The maximum Gasteiger partial charge on any atom is 0.278 e. The molecule has 0 aliphatic carbocycles. The maximum atomic E-state index is 13.0. The summed E-state index contributed by atoms with van der Waals surface area (Å²) in [5.41, 5.74) is 1.16. The molecule has 0 spiro atoms. The summed E-state index contributed by atoms with van der Waals surface area (Å²) < 4.78 is 25.4. The van der Waals surface area contributed by atoms with Gasteiger partial charge in [-0.25, -0.2) is 9.07 Å². The van der Waals surface area contributed by atoms with Crippen molar-refractivity contribution in [1.82, 2.24) is 19.9 Å². The van der Waals surface area contributed by atoms with Crippen LogP contribution in [0.1, 0.15) is 0 Å². The third kappa shape index (κ3) is 3.43. The SMILES string of the molecule is Fc1ccc(-c2noc(-c3ccn(COc4ccccc4Cl)n3)n2)cc1. The van der Waals surface area contributed by atoms with Crippen LogP contribution in [0.3, 0.4) is 0 Å². The molecule has 0 amide bonds. The van der Waals surface area contributed by atoms with E-state index in [2.05, 4.69) is 15.2 Å². The van der Waals surface area contributed by atoms with Crippen LogP contribution in [0.2, 0.25) is 5.02 Å². The highest BCUT2D eigenvalue weighted by molar-refractivity contribution is 6.32. The monoisotopic (exact) mass is 370 g/mol. The van der Waals surface area contributed by atoms with E-state index in [1.54, 1.807) is 41.2 Å². The molecule has 130 valence electrons. The van der Waals surface area contributed by atoms with Crippen LogP contribution >= 0.6 is 11.6 Å². The molecule has 8 heteroatoms. The average molecular weight is 371 g/mol. The number of ether oxygens (including phenoxy) is 1. The molecule has 0 unspecified atom stereocenters.